The number of aromatic nitrogens is 2. The van der Waals surface area contributed by atoms with Gasteiger partial charge in [0, 0.05) is 22.9 Å². The summed E-state index contributed by atoms with van der Waals surface area (Å²) in [5, 5.41) is 0.593. The SMILES string of the molecule is NC1(c2ccc(-c3nc4cc[nH]c(=O)c4cc3-c3ccccc3)cc2)CC1. The van der Waals surface area contributed by atoms with Gasteiger partial charge in [0.25, 0.3) is 5.56 Å². The maximum Gasteiger partial charge on any atom is 0.257 e. The van der Waals surface area contributed by atoms with E-state index in [-0.39, 0.29) is 11.1 Å². The van der Waals surface area contributed by atoms with Crippen molar-refractivity contribution in [1.29, 1.82) is 0 Å². The van der Waals surface area contributed by atoms with Gasteiger partial charge >= 0.3 is 0 Å². The molecule has 4 nitrogen and oxygen atoms in total. The number of fused-ring (bicyclic) bond motifs is 1. The molecule has 0 radical (unpaired) electrons. The highest BCUT2D eigenvalue weighted by atomic mass is 16.1. The molecule has 0 atom stereocenters. The van der Waals surface area contributed by atoms with Crippen molar-refractivity contribution in [2.75, 3.05) is 0 Å². The van der Waals surface area contributed by atoms with Gasteiger partial charge in [-0.1, -0.05) is 54.6 Å². The molecule has 2 aromatic carbocycles. The summed E-state index contributed by atoms with van der Waals surface area (Å²) in [6, 6.07) is 22.2. The Balaban J connectivity index is 1.73. The van der Waals surface area contributed by atoms with E-state index in [0.717, 1.165) is 35.2 Å². The molecule has 0 saturated heterocycles. The zero-order valence-electron chi connectivity index (χ0n) is 14.8. The summed E-state index contributed by atoms with van der Waals surface area (Å²) in [7, 11) is 0. The van der Waals surface area contributed by atoms with Crippen molar-refractivity contribution in [2.45, 2.75) is 18.4 Å². The highest BCUT2D eigenvalue weighted by Crippen LogP contribution is 2.43. The van der Waals surface area contributed by atoms with Gasteiger partial charge in [0.15, 0.2) is 0 Å². The molecule has 4 heteroatoms. The van der Waals surface area contributed by atoms with Gasteiger partial charge in [-0.2, -0.15) is 0 Å². The number of aromatic amines is 1. The molecular formula is C23H19N3O. The van der Waals surface area contributed by atoms with E-state index in [1.54, 1.807) is 6.20 Å². The van der Waals surface area contributed by atoms with Crippen LogP contribution in [0, 0.1) is 0 Å². The van der Waals surface area contributed by atoms with E-state index in [1.807, 2.05) is 42.5 Å². The maximum atomic E-state index is 12.3. The molecule has 0 unspecified atom stereocenters. The summed E-state index contributed by atoms with van der Waals surface area (Å²) in [5.41, 5.74) is 11.8. The van der Waals surface area contributed by atoms with Crippen molar-refractivity contribution in [1.82, 2.24) is 9.97 Å². The molecule has 0 amide bonds. The number of benzene rings is 2. The van der Waals surface area contributed by atoms with Crippen LogP contribution in [0.25, 0.3) is 33.3 Å². The molecule has 5 rings (SSSR count). The van der Waals surface area contributed by atoms with Gasteiger partial charge in [-0.3, -0.25) is 4.79 Å². The van der Waals surface area contributed by atoms with Crippen LogP contribution in [0.1, 0.15) is 18.4 Å². The summed E-state index contributed by atoms with van der Waals surface area (Å²) < 4.78 is 0. The summed E-state index contributed by atoms with van der Waals surface area (Å²) in [4.78, 5) is 19.8. The van der Waals surface area contributed by atoms with Crippen molar-refractivity contribution in [3.63, 3.8) is 0 Å². The molecule has 0 spiro atoms. The van der Waals surface area contributed by atoms with E-state index in [1.165, 1.54) is 5.56 Å². The molecule has 3 N–H and O–H groups in total. The number of pyridine rings is 2. The molecule has 1 aliphatic rings. The Hall–Kier alpha value is -3.24. The predicted molar refractivity (Wildman–Crippen MR) is 108 cm³/mol. The van der Waals surface area contributed by atoms with Crippen LogP contribution in [0.4, 0.5) is 0 Å². The summed E-state index contributed by atoms with van der Waals surface area (Å²) in [6.07, 6.45) is 3.72. The highest BCUT2D eigenvalue weighted by molar-refractivity contribution is 5.91. The minimum atomic E-state index is -0.148. The van der Waals surface area contributed by atoms with Crippen LogP contribution in [0.5, 0.6) is 0 Å². The lowest BCUT2D eigenvalue weighted by Gasteiger charge is -2.13. The van der Waals surface area contributed by atoms with Crippen LogP contribution in [0.2, 0.25) is 0 Å². The fourth-order valence-corrected chi connectivity index (χ4v) is 3.55. The zero-order valence-corrected chi connectivity index (χ0v) is 14.8. The van der Waals surface area contributed by atoms with Gasteiger partial charge in [0.05, 0.1) is 16.6 Å². The van der Waals surface area contributed by atoms with Gasteiger partial charge in [0.2, 0.25) is 0 Å². The van der Waals surface area contributed by atoms with Crippen molar-refractivity contribution >= 4 is 10.9 Å². The predicted octanol–water partition coefficient (Wildman–Crippen LogP) is 4.20. The molecule has 132 valence electrons. The lowest BCUT2D eigenvalue weighted by molar-refractivity contribution is 0.740. The lowest BCUT2D eigenvalue weighted by atomic mass is 9.96. The standard InChI is InChI=1S/C23H19N3O/c24-23(11-12-23)17-8-6-16(7-9-17)21-18(15-4-2-1-3-5-15)14-19-20(26-21)10-13-25-22(19)27/h1-10,13-14H,11-12,24H2,(H,25,27). The number of hydrogen-bond acceptors (Lipinski definition) is 3. The highest BCUT2D eigenvalue weighted by Gasteiger charge is 2.39. The van der Waals surface area contributed by atoms with E-state index in [2.05, 4.69) is 29.2 Å². The molecule has 27 heavy (non-hydrogen) atoms. The molecular weight excluding hydrogens is 334 g/mol. The number of nitrogens with one attached hydrogen (secondary N) is 1. The van der Waals surface area contributed by atoms with Crippen LogP contribution in [0.15, 0.2) is 77.7 Å². The summed E-state index contributed by atoms with van der Waals surface area (Å²) >= 11 is 0. The van der Waals surface area contributed by atoms with Crippen molar-refractivity contribution in [2.24, 2.45) is 5.73 Å². The van der Waals surface area contributed by atoms with E-state index >= 15 is 0 Å². The first kappa shape index (κ1) is 16.0. The fourth-order valence-electron chi connectivity index (χ4n) is 3.55. The van der Waals surface area contributed by atoms with Gasteiger partial charge in [-0.05, 0) is 36.1 Å². The van der Waals surface area contributed by atoms with E-state index in [4.69, 9.17) is 10.7 Å². The Morgan fingerprint density at radius 2 is 1.67 bits per heavy atom. The second-order valence-electron chi connectivity index (χ2n) is 7.22. The van der Waals surface area contributed by atoms with Crippen molar-refractivity contribution in [3.05, 3.63) is 88.8 Å². The third-order valence-electron chi connectivity index (χ3n) is 5.36. The van der Waals surface area contributed by atoms with Crippen LogP contribution < -0.4 is 11.3 Å². The Morgan fingerprint density at radius 1 is 0.926 bits per heavy atom. The average molecular weight is 353 g/mol. The third kappa shape index (κ3) is 2.75. The smallest absolute Gasteiger partial charge is 0.257 e. The zero-order chi connectivity index (χ0) is 18.4. The number of rotatable bonds is 3. The van der Waals surface area contributed by atoms with Crippen molar-refractivity contribution < 1.29 is 0 Å². The largest absolute Gasteiger partial charge is 0.328 e. The number of nitrogens with zero attached hydrogens (tertiary/aromatic N) is 1. The van der Waals surface area contributed by atoms with Crippen LogP contribution in [-0.4, -0.2) is 9.97 Å². The molecule has 0 aliphatic heterocycles. The van der Waals surface area contributed by atoms with Crippen LogP contribution >= 0.6 is 0 Å². The molecule has 4 aromatic rings. The Bertz CT molecular complexity index is 1190. The first-order valence-corrected chi connectivity index (χ1v) is 9.12. The minimum Gasteiger partial charge on any atom is -0.328 e. The van der Waals surface area contributed by atoms with Gasteiger partial charge in [0.1, 0.15) is 0 Å². The summed E-state index contributed by atoms with van der Waals surface area (Å²) in [5.74, 6) is 0. The number of hydrogen-bond donors (Lipinski definition) is 2. The first-order valence-electron chi connectivity index (χ1n) is 9.12. The molecule has 1 aliphatic carbocycles. The molecule has 0 bridgehead atoms. The maximum absolute atomic E-state index is 12.3. The van der Waals surface area contributed by atoms with E-state index < -0.39 is 0 Å². The van der Waals surface area contributed by atoms with Crippen LogP contribution in [0.3, 0.4) is 0 Å². The Kier molecular flexibility index (Phi) is 3.49. The number of nitrogens with two attached hydrogens (primary N) is 1. The Labute approximate surface area is 156 Å². The minimum absolute atomic E-state index is 0.127. The molecule has 2 aromatic heterocycles. The fraction of sp³-hybridized carbons (Fsp3) is 0.130. The topological polar surface area (TPSA) is 71.8 Å². The molecule has 2 heterocycles. The van der Waals surface area contributed by atoms with Crippen molar-refractivity contribution in [3.8, 4) is 22.4 Å². The summed E-state index contributed by atoms with van der Waals surface area (Å²) in [6.45, 7) is 0. The van der Waals surface area contributed by atoms with Gasteiger partial charge in [-0.15, -0.1) is 0 Å². The quantitative estimate of drug-likeness (QED) is 0.580. The Morgan fingerprint density at radius 3 is 2.37 bits per heavy atom. The van der Waals surface area contributed by atoms with E-state index in [9.17, 15) is 4.79 Å². The lowest BCUT2D eigenvalue weighted by Crippen LogP contribution is -2.18. The van der Waals surface area contributed by atoms with Gasteiger partial charge < -0.3 is 10.7 Å². The van der Waals surface area contributed by atoms with Crippen LogP contribution in [-0.2, 0) is 5.54 Å². The normalized spacial score (nSPS) is 15.0. The first-order chi connectivity index (χ1) is 13.1. The molecule has 1 fully saturated rings. The molecule has 1 saturated carbocycles. The average Bonchev–Trinajstić information content (AvgIpc) is 3.47. The monoisotopic (exact) mass is 353 g/mol. The number of H-pyrrole nitrogens is 1. The van der Waals surface area contributed by atoms with Gasteiger partial charge in [-0.25, -0.2) is 4.98 Å². The third-order valence-corrected chi connectivity index (χ3v) is 5.36. The second kappa shape index (κ2) is 5.89. The van der Waals surface area contributed by atoms with E-state index in [0.29, 0.717) is 10.9 Å². The second-order valence-corrected chi connectivity index (χ2v) is 7.22.